The van der Waals surface area contributed by atoms with Crippen LogP contribution in [0.5, 0.6) is 0 Å². The lowest BCUT2D eigenvalue weighted by Gasteiger charge is -2.18. The number of ether oxygens (including phenoxy) is 1. The molecule has 6 heteroatoms. The third kappa shape index (κ3) is 3.78. The monoisotopic (exact) mass is 296 g/mol. The minimum atomic E-state index is -0.252. The van der Waals surface area contributed by atoms with Crippen LogP contribution in [0.2, 0.25) is 0 Å². The van der Waals surface area contributed by atoms with Gasteiger partial charge in [0.25, 0.3) is 0 Å². The minimum absolute atomic E-state index is 0.240. The molecule has 0 saturated heterocycles. The normalized spacial score (nSPS) is 10.4. The fraction of sp³-hybridized carbons (Fsp3) is 0.385. The van der Waals surface area contributed by atoms with Crippen LogP contribution >= 0.6 is 22.7 Å². The van der Waals surface area contributed by atoms with Gasteiger partial charge in [-0.1, -0.05) is 6.07 Å². The molecule has 2 aromatic heterocycles. The molecule has 2 rings (SSSR count). The van der Waals surface area contributed by atoms with E-state index < -0.39 is 0 Å². The van der Waals surface area contributed by atoms with E-state index in [2.05, 4.69) is 39.1 Å². The first-order chi connectivity index (χ1) is 9.22. The Morgan fingerprint density at radius 1 is 1.47 bits per heavy atom. The van der Waals surface area contributed by atoms with Gasteiger partial charge >= 0.3 is 5.97 Å². The summed E-state index contributed by atoms with van der Waals surface area (Å²) in [6.07, 6.45) is 0.240. The fourth-order valence-electron chi connectivity index (χ4n) is 1.65. The summed E-state index contributed by atoms with van der Waals surface area (Å²) in [5.74, 6) is -0.252. The van der Waals surface area contributed by atoms with Gasteiger partial charge in [-0.25, -0.2) is 4.98 Å². The number of anilines is 1. The van der Waals surface area contributed by atoms with Crippen molar-refractivity contribution in [1.82, 2.24) is 4.98 Å². The van der Waals surface area contributed by atoms with Gasteiger partial charge in [-0.15, -0.1) is 22.7 Å². The highest BCUT2D eigenvalue weighted by Crippen LogP contribution is 2.23. The molecule has 0 aromatic carbocycles. The molecule has 0 N–H and O–H groups in total. The van der Waals surface area contributed by atoms with Crippen LogP contribution in [0.1, 0.15) is 17.5 Å². The van der Waals surface area contributed by atoms with Crippen molar-refractivity contribution >= 4 is 33.8 Å². The number of thiophene rings is 1. The number of esters is 1. The van der Waals surface area contributed by atoms with Gasteiger partial charge in [0.15, 0.2) is 5.13 Å². The zero-order valence-corrected chi connectivity index (χ0v) is 12.6. The number of nitrogens with zero attached hydrogens (tertiary/aromatic N) is 2. The van der Waals surface area contributed by atoms with Crippen LogP contribution in [0.3, 0.4) is 0 Å². The average Bonchev–Trinajstić information content (AvgIpc) is 3.07. The molecule has 102 valence electrons. The number of rotatable bonds is 6. The van der Waals surface area contributed by atoms with Crippen LogP contribution in [0.15, 0.2) is 22.9 Å². The highest BCUT2D eigenvalue weighted by Gasteiger charge is 2.12. The number of methoxy groups -OCH3 is 1. The number of carbonyl (C=O) groups excluding carboxylic acids is 1. The van der Waals surface area contributed by atoms with Crippen LogP contribution < -0.4 is 4.90 Å². The fourth-order valence-corrected chi connectivity index (χ4v) is 3.26. The minimum Gasteiger partial charge on any atom is -0.469 e. The number of hydrogen-bond donors (Lipinski definition) is 0. The summed E-state index contributed by atoms with van der Waals surface area (Å²) in [4.78, 5) is 19.2. The van der Waals surface area contributed by atoms with Crippen molar-refractivity contribution in [3.05, 3.63) is 33.5 Å². The Kier molecular flexibility index (Phi) is 4.93. The predicted octanol–water partition coefficient (Wildman–Crippen LogP) is 2.95. The maximum absolute atomic E-state index is 11.2. The Bertz CT molecular complexity index is 522. The van der Waals surface area contributed by atoms with Crippen molar-refractivity contribution < 1.29 is 9.53 Å². The number of carbonyl (C=O) groups is 1. The smallest absolute Gasteiger partial charge is 0.311 e. The van der Waals surface area contributed by atoms with Gasteiger partial charge in [0.1, 0.15) is 0 Å². The largest absolute Gasteiger partial charge is 0.469 e. The second kappa shape index (κ2) is 6.68. The Balaban J connectivity index is 2.04. The van der Waals surface area contributed by atoms with E-state index in [-0.39, 0.29) is 12.4 Å². The standard InChI is InChI=1S/C13H16N2O2S2/c1-3-15(8-11-5-4-6-18-11)13-14-10(9-19-13)7-12(16)17-2/h4-6,9H,3,7-8H2,1-2H3. The first-order valence-electron chi connectivity index (χ1n) is 6.01. The van der Waals surface area contributed by atoms with E-state index in [0.717, 1.165) is 23.9 Å². The first-order valence-corrected chi connectivity index (χ1v) is 7.77. The second-order valence-electron chi connectivity index (χ2n) is 3.97. The molecule has 0 aliphatic carbocycles. The molecule has 2 heterocycles. The topological polar surface area (TPSA) is 42.4 Å². The Morgan fingerprint density at radius 2 is 2.32 bits per heavy atom. The van der Waals surface area contributed by atoms with E-state index in [0.29, 0.717) is 0 Å². The molecule has 0 unspecified atom stereocenters. The summed E-state index contributed by atoms with van der Waals surface area (Å²) in [5, 5.41) is 4.95. The Labute approximate surface area is 120 Å². The molecule has 19 heavy (non-hydrogen) atoms. The van der Waals surface area contributed by atoms with E-state index in [9.17, 15) is 4.79 Å². The zero-order valence-electron chi connectivity index (χ0n) is 11.0. The summed E-state index contributed by atoms with van der Waals surface area (Å²) < 4.78 is 4.65. The molecule has 0 spiro atoms. The van der Waals surface area contributed by atoms with Gasteiger partial charge in [0.05, 0.1) is 25.8 Å². The Morgan fingerprint density at radius 3 is 2.95 bits per heavy atom. The molecule has 2 aromatic rings. The lowest BCUT2D eigenvalue weighted by Crippen LogP contribution is -2.21. The molecule has 4 nitrogen and oxygen atoms in total. The van der Waals surface area contributed by atoms with Crippen molar-refractivity contribution in [2.75, 3.05) is 18.6 Å². The zero-order chi connectivity index (χ0) is 13.7. The lowest BCUT2D eigenvalue weighted by molar-refractivity contribution is -0.139. The summed E-state index contributed by atoms with van der Waals surface area (Å²) >= 11 is 3.31. The quantitative estimate of drug-likeness (QED) is 0.769. The molecule has 0 saturated carbocycles. The molecule has 0 fully saturated rings. The van der Waals surface area contributed by atoms with Gasteiger partial charge in [-0.05, 0) is 18.4 Å². The van der Waals surface area contributed by atoms with Crippen molar-refractivity contribution in [2.24, 2.45) is 0 Å². The number of aromatic nitrogens is 1. The van der Waals surface area contributed by atoms with Crippen molar-refractivity contribution in [3.63, 3.8) is 0 Å². The predicted molar refractivity (Wildman–Crippen MR) is 78.9 cm³/mol. The summed E-state index contributed by atoms with van der Waals surface area (Å²) in [6.45, 7) is 3.86. The van der Waals surface area contributed by atoms with E-state index in [1.165, 1.54) is 12.0 Å². The van der Waals surface area contributed by atoms with Gasteiger partial charge in [0, 0.05) is 16.8 Å². The molecule has 0 aliphatic rings. The van der Waals surface area contributed by atoms with E-state index in [4.69, 9.17) is 0 Å². The van der Waals surface area contributed by atoms with E-state index >= 15 is 0 Å². The van der Waals surface area contributed by atoms with Gasteiger partial charge < -0.3 is 9.64 Å². The van der Waals surface area contributed by atoms with Crippen LogP contribution in [0.4, 0.5) is 5.13 Å². The van der Waals surface area contributed by atoms with Crippen LogP contribution in [-0.2, 0) is 22.5 Å². The highest BCUT2D eigenvalue weighted by molar-refractivity contribution is 7.13. The van der Waals surface area contributed by atoms with Crippen LogP contribution in [0, 0.1) is 0 Å². The van der Waals surface area contributed by atoms with Crippen molar-refractivity contribution in [2.45, 2.75) is 19.9 Å². The third-order valence-corrected chi connectivity index (χ3v) is 4.48. The van der Waals surface area contributed by atoms with Gasteiger partial charge in [-0.3, -0.25) is 4.79 Å². The van der Waals surface area contributed by atoms with Crippen LogP contribution in [0.25, 0.3) is 0 Å². The van der Waals surface area contributed by atoms with Gasteiger partial charge in [0.2, 0.25) is 0 Å². The maximum atomic E-state index is 11.2. The van der Waals surface area contributed by atoms with Crippen molar-refractivity contribution in [3.8, 4) is 0 Å². The SMILES string of the molecule is CCN(Cc1cccs1)c1nc(CC(=O)OC)cs1. The molecule has 0 atom stereocenters. The summed E-state index contributed by atoms with van der Waals surface area (Å²) in [6, 6.07) is 4.18. The summed E-state index contributed by atoms with van der Waals surface area (Å²) in [5.41, 5.74) is 0.775. The van der Waals surface area contributed by atoms with E-state index in [1.807, 2.05) is 5.38 Å². The molecular formula is C13H16N2O2S2. The first kappa shape index (κ1) is 14.0. The molecular weight excluding hydrogens is 280 g/mol. The molecule has 0 amide bonds. The molecule has 0 radical (unpaired) electrons. The van der Waals surface area contributed by atoms with Crippen LogP contribution in [-0.4, -0.2) is 24.6 Å². The maximum Gasteiger partial charge on any atom is 0.311 e. The molecule has 0 aliphatic heterocycles. The molecule has 0 bridgehead atoms. The summed E-state index contributed by atoms with van der Waals surface area (Å²) in [7, 11) is 1.39. The number of hydrogen-bond acceptors (Lipinski definition) is 6. The van der Waals surface area contributed by atoms with E-state index in [1.54, 1.807) is 22.7 Å². The van der Waals surface area contributed by atoms with Gasteiger partial charge in [-0.2, -0.15) is 0 Å². The highest BCUT2D eigenvalue weighted by atomic mass is 32.1. The number of thiazole rings is 1. The average molecular weight is 296 g/mol. The third-order valence-electron chi connectivity index (χ3n) is 2.67. The van der Waals surface area contributed by atoms with Crippen molar-refractivity contribution in [1.29, 1.82) is 0 Å². The second-order valence-corrected chi connectivity index (χ2v) is 5.84. The Hall–Kier alpha value is -1.40. The lowest BCUT2D eigenvalue weighted by atomic mass is 10.3.